The van der Waals surface area contributed by atoms with Crippen molar-refractivity contribution >= 4 is 35.4 Å². The van der Waals surface area contributed by atoms with Crippen LogP contribution in [0.2, 0.25) is 0 Å². The molecule has 2 heterocycles. The second-order valence-electron chi connectivity index (χ2n) is 14.4. The van der Waals surface area contributed by atoms with E-state index < -0.39 is 55.3 Å². The van der Waals surface area contributed by atoms with E-state index in [9.17, 15) is 34.8 Å². The normalized spacial score (nSPS) is 21.1. The maximum atomic E-state index is 12.8. The van der Waals surface area contributed by atoms with E-state index in [0.29, 0.717) is 6.42 Å². The zero-order chi connectivity index (χ0) is 39.6. The summed E-state index contributed by atoms with van der Waals surface area (Å²) in [6.07, 6.45) is 14.5. The van der Waals surface area contributed by atoms with Gasteiger partial charge in [0, 0.05) is 24.3 Å². The number of ether oxygens (including phenoxy) is 3. The van der Waals surface area contributed by atoms with Crippen LogP contribution in [-0.2, 0) is 28.6 Å². The molecule has 0 spiro atoms. The van der Waals surface area contributed by atoms with E-state index in [1.54, 1.807) is 0 Å². The van der Waals surface area contributed by atoms with Crippen LogP contribution in [0.1, 0.15) is 148 Å². The first kappa shape index (κ1) is 47.8. The van der Waals surface area contributed by atoms with E-state index in [4.69, 9.17) is 19.9 Å². The Morgan fingerprint density at radius 3 is 1.91 bits per heavy atom. The molecule has 0 saturated carbocycles. The summed E-state index contributed by atoms with van der Waals surface area (Å²) < 4.78 is 17.8. The molecule has 1 fully saturated rings. The lowest BCUT2D eigenvalue weighted by Gasteiger charge is -2.39. The lowest BCUT2D eigenvalue weighted by molar-refractivity contribution is -0.254. The minimum Gasteiger partial charge on any atom is -0.462 e. The third-order valence-electron chi connectivity index (χ3n) is 9.52. The highest BCUT2D eigenvalue weighted by molar-refractivity contribution is 7.99. The van der Waals surface area contributed by atoms with Crippen molar-refractivity contribution in [1.82, 2.24) is 15.0 Å². The number of amides is 1. The molecule has 312 valence electrons. The van der Waals surface area contributed by atoms with Crippen molar-refractivity contribution in [3.05, 3.63) is 6.20 Å². The topological polar surface area (TPSA) is 229 Å². The number of rotatable bonds is 31. The van der Waals surface area contributed by atoms with Crippen LogP contribution >= 0.6 is 11.8 Å². The van der Waals surface area contributed by atoms with Crippen molar-refractivity contribution in [2.24, 2.45) is 5.73 Å². The summed E-state index contributed by atoms with van der Waals surface area (Å²) in [7, 11) is 0. The lowest BCUT2D eigenvalue weighted by Crippen LogP contribution is -2.56. The molecule has 54 heavy (non-hydrogen) atoms. The van der Waals surface area contributed by atoms with E-state index in [0.717, 1.165) is 49.6 Å². The summed E-state index contributed by atoms with van der Waals surface area (Å²) in [4.78, 5) is 38.1. The number of anilines is 1. The summed E-state index contributed by atoms with van der Waals surface area (Å²) in [6, 6.07) is -0.986. The van der Waals surface area contributed by atoms with Crippen LogP contribution in [0, 0.1) is 0 Å². The number of carbonyl (C=O) groups excluding carboxylic acids is 3. The first-order valence-corrected chi connectivity index (χ1v) is 21.5. The van der Waals surface area contributed by atoms with Gasteiger partial charge in [0.1, 0.15) is 37.1 Å². The molecule has 0 bridgehead atoms. The number of esters is 2. The van der Waals surface area contributed by atoms with E-state index in [2.05, 4.69) is 29.5 Å². The molecule has 0 aromatic carbocycles. The van der Waals surface area contributed by atoms with Crippen LogP contribution in [0.4, 0.5) is 5.82 Å². The summed E-state index contributed by atoms with van der Waals surface area (Å²) in [5.41, 5.74) is 6.14. The fraction of sp³-hybridized carbons (Fsp3) is 0.868. The minimum absolute atomic E-state index is 0.000374. The van der Waals surface area contributed by atoms with E-state index in [1.165, 1.54) is 88.6 Å². The Labute approximate surface area is 325 Å². The summed E-state index contributed by atoms with van der Waals surface area (Å²) in [5, 5.41) is 50.1. The molecule has 0 aliphatic carbocycles. The molecular weight excluding hydrogens is 719 g/mol. The van der Waals surface area contributed by atoms with Gasteiger partial charge in [0.2, 0.25) is 5.91 Å². The fourth-order valence-corrected chi connectivity index (χ4v) is 7.13. The number of nitrogens with zero attached hydrogens (tertiary/aromatic N) is 3. The Bertz CT molecular complexity index is 1160. The van der Waals surface area contributed by atoms with Gasteiger partial charge in [-0.05, 0) is 12.8 Å². The molecule has 4 unspecified atom stereocenters. The fourth-order valence-electron chi connectivity index (χ4n) is 6.16. The third kappa shape index (κ3) is 19.5. The predicted octanol–water partition coefficient (Wildman–Crippen LogP) is 4.55. The Hall–Kier alpha value is -2.34. The summed E-state index contributed by atoms with van der Waals surface area (Å²) >= 11 is 1.29. The van der Waals surface area contributed by atoms with Crippen molar-refractivity contribution in [3.8, 4) is 0 Å². The zero-order valence-corrected chi connectivity index (χ0v) is 33.5. The molecule has 16 heteroatoms. The second kappa shape index (κ2) is 29.0. The number of thioether (sulfide) groups is 1. The number of aliphatic hydroxyl groups excluding tert-OH is 4. The van der Waals surface area contributed by atoms with Crippen LogP contribution in [0.15, 0.2) is 6.20 Å². The standard InChI is InChI=1S/C38H69N5O10S/c1-3-5-7-9-11-13-15-17-19-21-32(45)51-25-28(52-33(46)22-20-18-16-14-12-10-8-6-4-2)26-54-27-29(39)37(50)40-31-23-43(42-41-31)38-36(49)35(48)34(47)30(24-44)53-38/h23,28-30,34-36,38,44,47-49H,3-22,24-27,39H2,1-2H3,(H,40,50)/t28-,29-,30?,34?,35?,36?,38+/m1/s1. The van der Waals surface area contributed by atoms with Gasteiger partial charge in [0.05, 0.1) is 18.8 Å². The third-order valence-corrected chi connectivity index (χ3v) is 10.7. The SMILES string of the molecule is CCCCCCCCCCCC(=O)OC[C@H](CSC[C@@H](N)C(=O)Nc1cn([C@H]2OC(CO)C(O)C(O)C2O)nn1)OC(=O)CCCCCCCCCCC. The van der Waals surface area contributed by atoms with Crippen LogP contribution < -0.4 is 11.1 Å². The number of aliphatic hydroxyl groups is 4. The zero-order valence-electron chi connectivity index (χ0n) is 32.7. The molecule has 0 radical (unpaired) electrons. The number of unbranched alkanes of at least 4 members (excludes halogenated alkanes) is 16. The minimum atomic E-state index is -1.60. The van der Waals surface area contributed by atoms with Crippen molar-refractivity contribution in [3.63, 3.8) is 0 Å². The summed E-state index contributed by atoms with van der Waals surface area (Å²) in [6.45, 7) is 3.74. The molecule has 2 rings (SSSR count). The molecule has 7 atom stereocenters. The molecular formula is C38H69N5O10S. The largest absolute Gasteiger partial charge is 0.462 e. The monoisotopic (exact) mass is 787 g/mol. The van der Waals surface area contributed by atoms with Crippen LogP contribution in [0.5, 0.6) is 0 Å². The van der Waals surface area contributed by atoms with E-state index in [1.807, 2.05) is 0 Å². The molecule has 1 aliphatic heterocycles. The molecule has 1 aliphatic rings. The quantitative estimate of drug-likeness (QED) is 0.0449. The highest BCUT2D eigenvalue weighted by Crippen LogP contribution is 2.28. The van der Waals surface area contributed by atoms with E-state index in [-0.39, 0.29) is 42.3 Å². The molecule has 1 aromatic rings. The number of hydrogen-bond donors (Lipinski definition) is 6. The van der Waals surface area contributed by atoms with Crippen molar-refractivity contribution < 1.29 is 49.0 Å². The highest BCUT2D eigenvalue weighted by atomic mass is 32.2. The number of carbonyl (C=O) groups is 3. The predicted molar refractivity (Wildman–Crippen MR) is 207 cm³/mol. The molecule has 1 aromatic heterocycles. The molecule has 7 N–H and O–H groups in total. The van der Waals surface area contributed by atoms with Gasteiger partial charge in [0.15, 0.2) is 12.0 Å². The van der Waals surface area contributed by atoms with E-state index >= 15 is 0 Å². The number of hydrogen-bond acceptors (Lipinski definition) is 14. The Kier molecular flexibility index (Phi) is 25.7. The van der Waals surface area contributed by atoms with Crippen molar-refractivity contribution in [2.45, 2.75) is 185 Å². The lowest BCUT2D eigenvalue weighted by atomic mass is 9.98. The van der Waals surface area contributed by atoms with Gasteiger partial charge in [-0.1, -0.05) is 122 Å². The van der Waals surface area contributed by atoms with Crippen molar-refractivity contribution in [2.75, 3.05) is 30.0 Å². The number of aromatic nitrogens is 3. The first-order valence-electron chi connectivity index (χ1n) is 20.3. The Morgan fingerprint density at radius 1 is 0.815 bits per heavy atom. The maximum Gasteiger partial charge on any atom is 0.306 e. The van der Waals surface area contributed by atoms with Gasteiger partial charge < -0.3 is 45.7 Å². The van der Waals surface area contributed by atoms with Gasteiger partial charge in [0.25, 0.3) is 0 Å². The van der Waals surface area contributed by atoms with Gasteiger partial charge in [-0.15, -0.1) is 5.10 Å². The smallest absolute Gasteiger partial charge is 0.306 e. The highest BCUT2D eigenvalue weighted by Gasteiger charge is 2.44. The molecule has 15 nitrogen and oxygen atoms in total. The second-order valence-corrected chi connectivity index (χ2v) is 15.5. The Balaban J connectivity index is 1.81. The van der Waals surface area contributed by atoms with Crippen molar-refractivity contribution in [1.29, 1.82) is 0 Å². The number of nitrogens with two attached hydrogens (primary N) is 1. The van der Waals surface area contributed by atoms with Crippen LogP contribution in [0.3, 0.4) is 0 Å². The van der Waals surface area contributed by atoms with Gasteiger partial charge >= 0.3 is 11.9 Å². The summed E-state index contributed by atoms with van der Waals surface area (Å²) in [5.74, 6) is -0.817. The van der Waals surface area contributed by atoms with Gasteiger partial charge in [-0.3, -0.25) is 14.4 Å². The average Bonchev–Trinajstić information content (AvgIpc) is 3.62. The van der Waals surface area contributed by atoms with Crippen LogP contribution in [-0.4, -0.2) is 115 Å². The van der Waals surface area contributed by atoms with Gasteiger partial charge in [-0.2, -0.15) is 11.8 Å². The molecule has 1 amide bonds. The first-order chi connectivity index (χ1) is 26.1. The van der Waals surface area contributed by atoms with Gasteiger partial charge in [-0.25, -0.2) is 4.68 Å². The average molecular weight is 788 g/mol. The Morgan fingerprint density at radius 2 is 1.35 bits per heavy atom. The number of nitrogens with one attached hydrogen (secondary N) is 1. The maximum absolute atomic E-state index is 12.8. The molecule has 1 saturated heterocycles. The van der Waals surface area contributed by atoms with Crippen LogP contribution in [0.25, 0.3) is 0 Å².